The fourth-order valence-corrected chi connectivity index (χ4v) is 7.37. The third kappa shape index (κ3) is 5.52. The minimum absolute atomic E-state index is 0.202. The first kappa shape index (κ1) is 29.0. The van der Waals surface area contributed by atoms with Crippen molar-refractivity contribution in [2.45, 2.75) is 0 Å². The highest BCUT2D eigenvalue weighted by atomic mass is 31.1. The topological polar surface area (TPSA) is 25.8 Å². The second-order valence-electron chi connectivity index (χ2n) is 12.1. The quantitative estimate of drug-likeness (QED) is 0.137. The summed E-state index contributed by atoms with van der Waals surface area (Å²) in [4.78, 5) is 10.1. The molecule has 7 aromatic carbocycles. The standard InChI is InChI=1S/C44H33N2P/c1-47(2)35-22-14-21-34(28-35)43-38-25-11-9-23-36(38)42(37-24-10-12-26-39(37)43)33-20-13-19-32(27-33)41-29-40(30-15-5-3-6-16-30)45-44(46-41)31-17-7-4-8-18-31/h3-29H,1-2H3. The molecule has 0 unspecified atom stereocenters. The van der Waals surface area contributed by atoms with E-state index in [1.54, 1.807) is 0 Å². The molecule has 0 amide bonds. The molecule has 0 N–H and O–H groups in total. The van der Waals surface area contributed by atoms with Crippen molar-refractivity contribution in [3.63, 3.8) is 0 Å². The smallest absolute Gasteiger partial charge is 0.160 e. The van der Waals surface area contributed by atoms with E-state index in [1.807, 2.05) is 24.3 Å². The fourth-order valence-electron chi connectivity index (χ4n) is 6.59. The average Bonchev–Trinajstić information content (AvgIpc) is 3.14. The van der Waals surface area contributed by atoms with Crippen LogP contribution < -0.4 is 5.30 Å². The van der Waals surface area contributed by atoms with Crippen LogP contribution in [0.3, 0.4) is 0 Å². The number of nitrogens with zero attached hydrogens (tertiary/aromatic N) is 2. The van der Waals surface area contributed by atoms with Gasteiger partial charge in [-0.3, -0.25) is 0 Å². The summed E-state index contributed by atoms with van der Waals surface area (Å²) in [6.45, 7) is 4.65. The molecule has 0 aliphatic rings. The van der Waals surface area contributed by atoms with Gasteiger partial charge in [0.15, 0.2) is 5.82 Å². The molecule has 8 rings (SSSR count). The molecule has 0 radical (unpaired) electrons. The molecule has 224 valence electrons. The first-order valence-electron chi connectivity index (χ1n) is 16.0. The van der Waals surface area contributed by atoms with Gasteiger partial charge >= 0.3 is 0 Å². The van der Waals surface area contributed by atoms with Crippen molar-refractivity contribution in [1.82, 2.24) is 9.97 Å². The van der Waals surface area contributed by atoms with Crippen molar-refractivity contribution in [3.05, 3.63) is 164 Å². The van der Waals surface area contributed by atoms with Gasteiger partial charge in [0, 0.05) is 16.7 Å². The fraction of sp³-hybridized carbons (Fsp3) is 0.0455. The van der Waals surface area contributed by atoms with E-state index in [1.165, 1.54) is 49.1 Å². The van der Waals surface area contributed by atoms with Crippen LogP contribution in [0.1, 0.15) is 0 Å². The van der Waals surface area contributed by atoms with Gasteiger partial charge in [0.25, 0.3) is 0 Å². The minimum Gasteiger partial charge on any atom is -0.228 e. The van der Waals surface area contributed by atoms with Crippen molar-refractivity contribution < 1.29 is 0 Å². The van der Waals surface area contributed by atoms with Crippen molar-refractivity contribution >= 4 is 34.8 Å². The van der Waals surface area contributed by atoms with E-state index in [9.17, 15) is 0 Å². The summed E-state index contributed by atoms with van der Waals surface area (Å²) in [5, 5.41) is 6.44. The van der Waals surface area contributed by atoms with Gasteiger partial charge < -0.3 is 0 Å². The van der Waals surface area contributed by atoms with E-state index in [0.717, 1.165) is 33.9 Å². The zero-order chi connectivity index (χ0) is 31.7. The summed E-state index contributed by atoms with van der Waals surface area (Å²) < 4.78 is 0. The Morgan fingerprint density at radius 2 is 0.787 bits per heavy atom. The third-order valence-corrected chi connectivity index (χ3v) is 10.2. The highest BCUT2D eigenvalue weighted by Crippen LogP contribution is 2.44. The number of hydrogen-bond donors (Lipinski definition) is 0. The number of fused-ring (bicyclic) bond motifs is 2. The molecule has 1 aromatic heterocycles. The molecule has 0 saturated heterocycles. The van der Waals surface area contributed by atoms with Crippen LogP contribution in [0.25, 0.3) is 77.7 Å². The second kappa shape index (κ2) is 12.4. The highest BCUT2D eigenvalue weighted by molar-refractivity contribution is 7.64. The molecule has 0 bridgehead atoms. The Hall–Kier alpha value is -5.43. The average molecular weight is 621 g/mol. The van der Waals surface area contributed by atoms with Gasteiger partial charge in [-0.2, -0.15) is 0 Å². The Bertz CT molecular complexity index is 2270. The van der Waals surface area contributed by atoms with Crippen molar-refractivity contribution in [1.29, 1.82) is 0 Å². The van der Waals surface area contributed by atoms with Gasteiger partial charge in [-0.1, -0.05) is 154 Å². The molecule has 47 heavy (non-hydrogen) atoms. The van der Waals surface area contributed by atoms with Crippen LogP contribution >= 0.6 is 7.92 Å². The summed E-state index contributed by atoms with van der Waals surface area (Å²) in [6.07, 6.45) is 0. The van der Waals surface area contributed by atoms with E-state index in [4.69, 9.17) is 9.97 Å². The molecule has 0 aliphatic carbocycles. The van der Waals surface area contributed by atoms with E-state index < -0.39 is 0 Å². The first-order valence-corrected chi connectivity index (χ1v) is 18.2. The molecular formula is C44H33N2P. The summed E-state index contributed by atoms with van der Waals surface area (Å²) in [7, 11) is -0.202. The maximum atomic E-state index is 5.13. The lowest BCUT2D eigenvalue weighted by Gasteiger charge is -2.19. The minimum atomic E-state index is -0.202. The van der Waals surface area contributed by atoms with E-state index in [2.05, 4.69) is 153 Å². The molecule has 0 saturated carbocycles. The van der Waals surface area contributed by atoms with Gasteiger partial charge in [-0.05, 0) is 80.6 Å². The molecule has 2 nitrogen and oxygen atoms in total. The zero-order valence-corrected chi connectivity index (χ0v) is 27.3. The van der Waals surface area contributed by atoms with Crippen LogP contribution in [0.5, 0.6) is 0 Å². The Balaban J connectivity index is 1.35. The van der Waals surface area contributed by atoms with Gasteiger partial charge in [0.2, 0.25) is 0 Å². The highest BCUT2D eigenvalue weighted by Gasteiger charge is 2.18. The van der Waals surface area contributed by atoms with Crippen molar-refractivity contribution in [2.24, 2.45) is 0 Å². The SMILES string of the molecule is CP(C)c1cccc(-c2c3ccccc3c(-c3cccc(-c4cc(-c5ccccc5)nc(-c5ccccc5)n4)c3)c3ccccc23)c1. The summed E-state index contributed by atoms with van der Waals surface area (Å²) in [5.41, 5.74) is 9.91. The number of benzene rings is 7. The van der Waals surface area contributed by atoms with Crippen molar-refractivity contribution in [2.75, 3.05) is 13.3 Å². The van der Waals surface area contributed by atoms with E-state index >= 15 is 0 Å². The van der Waals surface area contributed by atoms with Gasteiger partial charge in [-0.25, -0.2) is 9.97 Å². The molecule has 0 aliphatic heterocycles. The Morgan fingerprint density at radius 3 is 1.34 bits per heavy atom. The third-order valence-electron chi connectivity index (χ3n) is 8.86. The zero-order valence-electron chi connectivity index (χ0n) is 26.4. The van der Waals surface area contributed by atoms with Gasteiger partial charge in [0.1, 0.15) is 0 Å². The predicted molar refractivity (Wildman–Crippen MR) is 203 cm³/mol. The van der Waals surface area contributed by atoms with Crippen LogP contribution in [-0.4, -0.2) is 23.3 Å². The van der Waals surface area contributed by atoms with Crippen LogP contribution in [0, 0.1) is 0 Å². The number of aromatic nitrogens is 2. The lowest BCUT2D eigenvalue weighted by atomic mass is 9.85. The number of rotatable bonds is 6. The summed E-state index contributed by atoms with van der Waals surface area (Å²) >= 11 is 0. The molecule has 1 heterocycles. The Kier molecular flexibility index (Phi) is 7.65. The molecule has 0 spiro atoms. The first-order chi connectivity index (χ1) is 23.1. The van der Waals surface area contributed by atoms with Crippen LogP contribution in [0.15, 0.2) is 164 Å². The van der Waals surface area contributed by atoms with Crippen LogP contribution in [0.4, 0.5) is 0 Å². The lowest BCUT2D eigenvalue weighted by Crippen LogP contribution is -1.99. The lowest BCUT2D eigenvalue weighted by molar-refractivity contribution is 1.18. The summed E-state index contributed by atoms with van der Waals surface area (Å²) in [6, 6.07) is 58.4. The van der Waals surface area contributed by atoms with Gasteiger partial charge in [0.05, 0.1) is 11.4 Å². The monoisotopic (exact) mass is 620 g/mol. The Morgan fingerprint density at radius 1 is 0.362 bits per heavy atom. The normalized spacial score (nSPS) is 11.4. The maximum absolute atomic E-state index is 5.13. The molecule has 8 aromatic rings. The maximum Gasteiger partial charge on any atom is 0.160 e. The van der Waals surface area contributed by atoms with E-state index in [-0.39, 0.29) is 7.92 Å². The molecule has 0 fully saturated rings. The predicted octanol–water partition coefficient (Wildman–Crippen LogP) is 11.5. The molecule has 3 heteroatoms. The van der Waals surface area contributed by atoms with Gasteiger partial charge in [-0.15, -0.1) is 0 Å². The van der Waals surface area contributed by atoms with Crippen LogP contribution in [-0.2, 0) is 0 Å². The van der Waals surface area contributed by atoms with Crippen LogP contribution in [0.2, 0.25) is 0 Å². The molecular weight excluding hydrogens is 587 g/mol. The molecule has 0 atom stereocenters. The second-order valence-corrected chi connectivity index (χ2v) is 14.4. The Labute approximate surface area is 277 Å². The van der Waals surface area contributed by atoms with Crippen molar-refractivity contribution in [3.8, 4) is 56.2 Å². The summed E-state index contributed by atoms with van der Waals surface area (Å²) in [5.74, 6) is 0.720. The largest absolute Gasteiger partial charge is 0.228 e. The van der Waals surface area contributed by atoms with E-state index in [0.29, 0.717) is 0 Å². The number of hydrogen-bond acceptors (Lipinski definition) is 2.